The Balaban J connectivity index is 0.000000157. The van der Waals surface area contributed by atoms with Gasteiger partial charge in [0.25, 0.3) is 0 Å². The first-order chi connectivity index (χ1) is 45.6. The van der Waals surface area contributed by atoms with Crippen LogP contribution in [0.25, 0.3) is 33.4 Å². The molecule has 0 amide bonds. The van der Waals surface area contributed by atoms with Crippen molar-refractivity contribution in [3.63, 3.8) is 0 Å². The highest BCUT2D eigenvalue weighted by Gasteiger charge is 2.41. The third-order valence-electron chi connectivity index (χ3n) is 15.7. The SMILES string of the molecule is CC(C)Oc1c(C(C)C2=NC(Cl)=C3C(N)=NC=NC23)cc(Cl)c(F)c1-c1ccc(=O)[nH]c1.CC(C)Oc1c([C@@H](C)C2=NC(Cl)=C3C(N)=NC=NC23)cc(Cl)c(F)c1-c1ccc(=O)[nH]c1.CC(C)Oc1c([C@H](C)C2=NC(Cl)=C3C(N)=NC=NC23)cc(Cl)c(F)c1-c1ccc(=O)[nH]c1. The number of nitrogens with zero attached hydrogens (tertiary/aromatic N) is 9. The van der Waals surface area contributed by atoms with Crippen molar-refractivity contribution in [3.8, 4) is 50.6 Å². The van der Waals surface area contributed by atoms with E-state index in [0.717, 1.165) is 0 Å². The molecule has 0 spiro atoms. The summed E-state index contributed by atoms with van der Waals surface area (Å²) in [5.41, 5.74) is 24.0. The van der Waals surface area contributed by atoms with Crippen molar-refractivity contribution < 1.29 is 27.4 Å². The number of ether oxygens (including phenoxy) is 3. The highest BCUT2D eigenvalue weighted by atomic mass is 35.5. The van der Waals surface area contributed by atoms with Gasteiger partial charge >= 0.3 is 0 Å². The van der Waals surface area contributed by atoms with Crippen LogP contribution in [0.1, 0.15) is 96.8 Å². The first-order valence-electron chi connectivity index (χ1n) is 29.7. The summed E-state index contributed by atoms with van der Waals surface area (Å²) < 4.78 is 64.1. The highest BCUT2D eigenvalue weighted by molar-refractivity contribution is 6.38. The second-order valence-corrected chi connectivity index (χ2v) is 25.5. The van der Waals surface area contributed by atoms with Crippen LogP contribution in [-0.2, 0) is 0 Å². The number of hydrogen-bond donors (Lipinski definition) is 6. The number of pyridine rings is 3. The zero-order valence-corrected chi connectivity index (χ0v) is 57.0. The minimum atomic E-state index is -0.650. The summed E-state index contributed by atoms with van der Waals surface area (Å²) in [6.45, 7) is 16.7. The zero-order chi connectivity index (χ0) is 69.5. The molecule has 0 saturated carbocycles. The summed E-state index contributed by atoms with van der Waals surface area (Å²) >= 11 is 37.9. The van der Waals surface area contributed by atoms with E-state index < -0.39 is 53.3 Å². The topological polar surface area (TPSA) is 316 Å². The summed E-state index contributed by atoms with van der Waals surface area (Å²) in [7, 11) is 0. The van der Waals surface area contributed by atoms with Crippen LogP contribution in [0.3, 0.4) is 0 Å². The van der Waals surface area contributed by atoms with Gasteiger partial charge in [0.1, 0.15) is 87.4 Å². The first kappa shape index (κ1) is 69.9. The number of nitrogens with one attached hydrogen (secondary N) is 3. The van der Waals surface area contributed by atoms with E-state index >= 15 is 13.2 Å². The van der Waals surface area contributed by atoms with E-state index in [1.807, 2.05) is 62.3 Å². The fraction of sp³-hybridized carbons (Fsp3) is 0.273. The molecule has 6 atom stereocenters. The van der Waals surface area contributed by atoms with Gasteiger partial charge in [-0.05, 0) is 77.9 Å². The number of rotatable bonds is 15. The molecule has 0 radical (unpaired) electrons. The van der Waals surface area contributed by atoms with Gasteiger partial charge in [-0.1, -0.05) is 90.4 Å². The maximum atomic E-state index is 15.3. The lowest BCUT2D eigenvalue weighted by Gasteiger charge is -2.25. The number of halogens is 9. The van der Waals surface area contributed by atoms with Gasteiger partial charge in [-0.2, -0.15) is 0 Å². The molecule has 3 aromatic heterocycles. The number of aliphatic imine (C=N–C) groups is 9. The van der Waals surface area contributed by atoms with Crippen LogP contribution in [0.5, 0.6) is 17.2 Å². The van der Waals surface area contributed by atoms with Gasteiger partial charge in [-0.25, -0.2) is 43.1 Å². The Labute approximate surface area is 577 Å². The van der Waals surface area contributed by atoms with Gasteiger partial charge in [0, 0.05) is 87.9 Å². The summed E-state index contributed by atoms with van der Waals surface area (Å²) in [4.78, 5) is 80.9. The van der Waals surface area contributed by atoms with Crippen LogP contribution in [0.2, 0.25) is 15.1 Å². The lowest BCUT2D eigenvalue weighted by molar-refractivity contribution is 0.239. The molecule has 498 valence electrons. The quantitative estimate of drug-likeness (QED) is 0.0532. The molecule has 0 bridgehead atoms. The molecule has 4 unspecified atom stereocenters. The predicted molar refractivity (Wildman–Crippen MR) is 378 cm³/mol. The van der Waals surface area contributed by atoms with E-state index in [1.165, 1.54) is 92.2 Å². The number of amidine groups is 3. The molecule has 9 N–H and O–H groups in total. The fourth-order valence-electron chi connectivity index (χ4n) is 11.3. The van der Waals surface area contributed by atoms with Crippen LogP contribution in [0.4, 0.5) is 13.2 Å². The standard InChI is InChI=1S/3C22H20Cl2FN5O2/c3*1-9(2)32-20-12(6-13(23)17(25)15(20)11-4-5-14(31)27-7-11)10(3)18-19-16(21(24)30-18)22(26)29-8-28-19/h3*4-10,19H,1-3H3,(H,27,31)(H2,26,28,29)/t2*10-,19?;/m10./s1. The molecule has 96 heavy (non-hydrogen) atoms. The number of fused-ring (bicyclic) bond motifs is 3. The normalized spacial score (nSPS) is 18.5. The van der Waals surface area contributed by atoms with E-state index in [-0.39, 0.29) is 99.7 Å². The maximum absolute atomic E-state index is 15.3. The second kappa shape index (κ2) is 28.8. The molecule has 0 fully saturated rings. The van der Waals surface area contributed by atoms with Crippen LogP contribution in [0, 0.1) is 17.5 Å². The van der Waals surface area contributed by atoms with Crippen LogP contribution in [-0.4, -0.2) is 105 Å². The monoisotopic (exact) mass is 1430 g/mol. The van der Waals surface area contributed by atoms with Gasteiger partial charge in [0.05, 0.1) is 83.9 Å². The Kier molecular flexibility index (Phi) is 21.0. The third kappa shape index (κ3) is 14.0. The summed E-state index contributed by atoms with van der Waals surface area (Å²) in [5.74, 6) is -1.48. The average molecular weight is 1430 g/mol. The second-order valence-electron chi connectivity index (χ2n) is 23.2. The predicted octanol–water partition coefficient (Wildman–Crippen LogP) is 13.2. The molecular formula is C66H60Cl6F3N15O6. The number of benzene rings is 3. The lowest BCUT2D eigenvalue weighted by atomic mass is 9.87. The van der Waals surface area contributed by atoms with Crippen LogP contribution >= 0.6 is 69.6 Å². The first-order valence-corrected chi connectivity index (χ1v) is 32.0. The van der Waals surface area contributed by atoms with Crippen molar-refractivity contribution in [1.82, 2.24) is 15.0 Å². The van der Waals surface area contributed by atoms with E-state index in [4.69, 9.17) is 101 Å². The fourth-order valence-corrected chi connectivity index (χ4v) is 12.8. The molecular weight excluding hydrogens is 1370 g/mol. The smallest absolute Gasteiger partial charge is 0.247 e. The Morgan fingerprint density at radius 1 is 0.417 bits per heavy atom. The number of aromatic amines is 3. The Morgan fingerprint density at radius 3 is 0.885 bits per heavy atom. The van der Waals surface area contributed by atoms with Gasteiger partial charge in [0.2, 0.25) is 16.7 Å². The summed E-state index contributed by atoms with van der Waals surface area (Å²) in [5, 5.41) is 0.391. The molecule has 12 rings (SSSR count). The largest absolute Gasteiger partial charge is 0.490 e. The molecule has 6 aromatic rings. The minimum absolute atomic E-state index is 0.0877. The van der Waals surface area contributed by atoms with Crippen molar-refractivity contribution in [2.45, 2.75) is 117 Å². The summed E-state index contributed by atoms with van der Waals surface area (Å²) in [6.07, 6.45) is 7.59. The molecule has 9 heterocycles. The van der Waals surface area contributed by atoms with Gasteiger partial charge in [0.15, 0.2) is 17.5 Å². The van der Waals surface area contributed by atoms with Gasteiger partial charge in [-0.15, -0.1) is 0 Å². The van der Waals surface area contributed by atoms with E-state index in [0.29, 0.717) is 84.5 Å². The van der Waals surface area contributed by atoms with E-state index in [1.54, 1.807) is 0 Å². The number of aromatic nitrogens is 3. The van der Waals surface area contributed by atoms with E-state index in [2.05, 4.69) is 59.9 Å². The summed E-state index contributed by atoms with van der Waals surface area (Å²) in [6, 6.07) is 11.6. The Morgan fingerprint density at radius 2 is 0.667 bits per heavy atom. The Bertz CT molecular complexity index is 4250. The molecule has 3 aromatic carbocycles. The van der Waals surface area contributed by atoms with Crippen LogP contribution < -0.4 is 48.1 Å². The van der Waals surface area contributed by atoms with Crippen molar-refractivity contribution in [2.75, 3.05) is 0 Å². The number of H-pyrrole nitrogens is 3. The molecule has 21 nitrogen and oxygen atoms in total. The molecule has 0 saturated heterocycles. The maximum Gasteiger partial charge on any atom is 0.247 e. The van der Waals surface area contributed by atoms with Crippen molar-refractivity contribution >= 4 is 123 Å². The van der Waals surface area contributed by atoms with Gasteiger partial charge in [-0.3, -0.25) is 29.4 Å². The van der Waals surface area contributed by atoms with Crippen molar-refractivity contribution in [1.29, 1.82) is 0 Å². The number of hydrogen-bond acceptors (Lipinski definition) is 18. The van der Waals surface area contributed by atoms with Crippen molar-refractivity contribution in [2.24, 2.45) is 62.1 Å². The molecule has 6 aliphatic heterocycles. The van der Waals surface area contributed by atoms with E-state index in [9.17, 15) is 14.4 Å². The zero-order valence-electron chi connectivity index (χ0n) is 52.5. The van der Waals surface area contributed by atoms with Crippen molar-refractivity contribution in [3.05, 3.63) is 186 Å². The third-order valence-corrected chi connectivity index (χ3v) is 17.4. The molecule has 30 heteroatoms. The molecule has 0 aliphatic carbocycles. The average Bonchev–Trinajstić information content (AvgIpc) is 1.33. The van der Waals surface area contributed by atoms with Crippen LogP contribution in [0.15, 0.2) is 165 Å². The van der Waals surface area contributed by atoms with Gasteiger partial charge < -0.3 is 46.4 Å². The molecule has 6 aliphatic rings. The number of nitrogens with two attached hydrogens (primary N) is 3. The minimum Gasteiger partial charge on any atom is -0.490 e. The highest BCUT2D eigenvalue weighted by Crippen LogP contribution is 2.49. The lowest BCUT2D eigenvalue weighted by Crippen LogP contribution is -2.32. The Hall–Kier alpha value is -8.91.